The van der Waals surface area contributed by atoms with Crippen molar-refractivity contribution in [2.75, 3.05) is 38.2 Å². The van der Waals surface area contributed by atoms with Gasteiger partial charge in [-0.05, 0) is 41.3 Å². The molecule has 3 rings (SSSR count). The monoisotopic (exact) mass is 432 g/mol. The van der Waals surface area contributed by atoms with Crippen molar-refractivity contribution < 1.29 is 22.7 Å². The summed E-state index contributed by atoms with van der Waals surface area (Å²) >= 11 is 0. The van der Waals surface area contributed by atoms with Crippen LogP contribution >= 0.6 is 0 Å². The number of anilines is 1. The Hall–Kier alpha value is -2.42. The quantitative estimate of drug-likeness (QED) is 0.759. The lowest BCUT2D eigenvalue weighted by Gasteiger charge is -2.26. The summed E-state index contributed by atoms with van der Waals surface area (Å²) in [4.78, 5) is 12.5. The van der Waals surface area contributed by atoms with E-state index < -0.39 is 10.0 Å². The molecule has 2 aromatic carbocycles. The maximum atomic E-state index is 12.7. The molecule has 1 aliphatic rings. The minimum absolute atomic E-state index is 0.102. The van der Waals surface area contributed by atoms with Gasteiger partial charge in [-0.15, -0.1) is 0 Å². The van der Waals surface area contributed by atoms with E-state index in [1.54, 1.807) is 12.1 Å². The molecule has 30 heavy (non-hydrogen) atoms. The number of hydrogen-bond donors (Lipinski definition) is 1. The van der Waals surface area contributed by atoms with E-state index in [-0.39, 0.29) is 22.8 Å². The summed E-state index contributed by atoms with van der Waals surface area (Å²) in [7, 11) is -3.56. The van der Waals surface area contributed by atoms with Gasteiger partial charge in [0.1, 0.15) is 5.75 Å². The number of nitrogens with one attached hydrogen (secondary N) is 1. The molecule has 0 aromatic heterocycles. The fourth-order valence-corrected chi connectivity index (χ4v) is 4.61. The first-order valence-electron chi connectivity index (χ1n) is 9.88. The molecular formula is C22H28N2O5S. The number of carbonyl (C=O) groups excluding carboxylic acids is 1. The maximum absolute atomic E-state index is 12.7. The first-order valence-corrected chi connectivity index (χ1v) is 11.3. The molecule has 1 fully saturated rings. The molecule has 162 valence electrons. The topological polar surface area (TPSA) is 84.9 Å². The van der Waals surface area contributed by atoms with Crippen molar-refractivity contribution in [2.45, 2.75) is 31.1 Å². The highest BCUT2D eigenvalue weighted by molar-refractivity contribution is 7.89. The minimum Gasteiger partial charge on any atom is -0.483 e. The van der Waals surface area contributed by atoms with Crippen LogP contribution in [0.25, 0.3) is 0 Å². The number of ether oxygens (including phenoxy) is 2. The summed E-state index contributed by atoms with van der Waals surface area (Å²) in [6.45, 7) is 7.59. The van der Waals surface area contributed by atoms with E-state index in [0.717, 1.165) is 5.56 Å². The van der Waals surface area contributed by atoms with Crippen LogP contribution in [0.2, 0.25) is 0 Å². The number of benzene rings is 2. The third-order valence-corrected chi connectivity index (χ3v) is 6.71. The highest BCUT2D eigenvalue weighted by atomic mass is 32.2. The van der Waals surface area contributed by atoms with Crippen molar-refractivity contribution in [1.82, 2.24) is 4.31 Å². The van der Waals surface area contributed by atoms with Crippen LogP contribution in [0.3, 0.4) is 0 Å². The second-order valence-corrected chi connectivity index (χ2v) is 10.1. The Morgan fingerprint density at radius 3 is 2.33 bits per heavy atom. The van der Waals surface area contributed by atoms with E-state index in [2.05, 4.69) is 26.1 Å². The standard InChI is InChI=1S/C22H28N2O5S/c1-22(2,3)19-6-4-5-7-20(19)29-16-21(25)23-17-8-10-18(11-9-17)30(26,27)24-12-14-28-15-13-24/h4-11H,12-16H2,1-3H3,(H,23,25). The number of hydrogen-bond acceptors (Lipinski definition) is 5. The van der Waals surface area contributed by atoms with Crippen LogP contribution in [0.1, 0.15) is 26.3 Å². The lowest BCUT2D eigenvalue weighted by molar-refractivity contribution is -0.118. The number of sulfonamides is 1. The van der Waals surface area contributed by atoms with Gasteiger partial charge in [-0.3, -0.25) is 4.79 Å². The molecule has 1 aliphatic heterocycles. The first kappa shape index (κ1) is 22.3. The van der Waals surface area contributed by atoms with Crippen molar-refractivity contribution >= 4 is 21.6 Å². The fraction of sp³-hybridized carbons (Fsp3) is 0.409. The van der Waals surface area contributed by atoms with Crippen LogP contribution in [0.4, 0.5) is 5.69 Å². The Balaban J connectivity index is 1.60. The van der Waals surface area contributed by atoms with Gasteiger partial charge >= 0.3 is 0 Å². The molecule has 1 amide bonds. The van der Waals surface area contributed by atoms with Crippen molar-refractivity contribution in [2.24, 2.45) is 0 Å². The van der Waals surface area contributed by atoms with Crippen molar-refractivity contribution in [3.8, 4) is 5.75 Å². The van der Waals surface area contributed by atoms with Crippen LogP contribution in [0.5, 0.6) is 5.75 Å². The van der Waals surface area contributed by atoms with Gasteiger partial charge in [-0.2, -0.15) is 4.31 Å². The molecule has 0 unspecified atom stereocenters. The smallest absolute Gasteiger partial charge is 0.262 e. The van der Waals surface area contributed by atoms with Gasteiger partial charge in [0.05, 0.1) is 18.1 Å². The average molecular weight is 433 g/mol. The Labute approximate surface area is 178 Å². The molecule has 8 heteroatoms. The molecule has 1 N–H and O–H groups in total. The summed E-state index contributed by atoms with van der Waals surface area (Å²) in [5, 5.41) is 2.74. The summed E-state index contributed by atoms with van der Waals surface area (Å²) in [5.41, 5.74) is 1.43. The highest BCUT2D eigenvalue weighted by Crippen LogP contribution is 2.30. The molecule has 2 aromatic rings. The first-order chi connectivity index (χ1) is 14.2. The highest BCUT2D eigenvalue weighted by Gasteiger charge is 2.26. The Morgan fingerprint density at radius 2 is 1.70 bits per heavy atom. The van der Waals surface area contributed by atoms with Gasteiger partial charge in [0.15, 0.2) is 6.61 Å². The number of carbonyl (C=O) groups is 1. The fourth-order valence-electron chi connectivity index (χ4n) is 3.20. The van der Waals surface area contributed by atoms with E-state index in [1.165, 1.54) is 16.4 Å². The van der Waals surface area contributed by atoms with Crippen LogP contribution in [-0.2, 0) is 25.0 Å². The third-order valence-electron chi connectivity index (χ3n) is 4.80. The summed E-state index contributed by atoms with van der Waals surface area (Å²) in [6, 6.07) is 13.8. The zero-order valence-electron chi connectivity index (χ0n) is 17.6. The molecule has 0 radical (unpaired) electrons. The predicted molar refractivity (Wildman–Crippen MR) is 115 cm³/mol. The largest absolute Gasteiger partial charge is 0.483 e. The molecule has 7 nitrogen and oxygen atoms in total. The Morgan fingerprint density at radius 1 is 1.07 bits per heavy atom. The molecule has 0 aliphatic carbocycles. The van der Waals surface area contributed by atoms with E-state index in [0.29, 0.717) is 37.7 Å². The number of morpholine rings is 1. The SMILES string of the molecule is CC(C)(C)c1ccccc1OCC(=O)Nc1ccc(S(=O)(=O)N2CCOCC2)cc1. The van der Waals surface area contributed by atoms with Gasteiger partial charge in [-0.25, -0.2) is 8.42 Å². The van der Waals surface area contributed by atoms with Crippen LogP contribution in [-0.4, -0.2) is 51.5 Å². The van der Waals surface area contributed by atoms with E-state index in [9.17, 15) is 13.2 Å². The average Bonchev–Trinajstić information content (AvgIpc) is 2.73. The molecule has 0 spiro atoms. The molecule has 1 heterocycles. The maximum Gasteiger partial charge on any atom is 0.262 e. The van der Waals surface area contributed by atoms with E-state index in [1.807, 2.05) is 24.3 Å². The number of amides is 1. The minimum atomic E-state index is -3.56. The summed E-state index contributed by atoms with van der Waals surface area (Å²) in [5.74, 6) is 0.356. The van der Waals surface area contributed by atoms with Crippen molar-refractivity contribution in [3.05, 3.63) is 54.1 Å². The van der Waals surface area contributed by atoms with Crippen LogP contribution < -0.4 is 10.1 Å². The molecule has 1 saturated heterocycles. The van der Waals surface area contributed by atoms with Crippen LogP contribution in [0, 0.1) is 0 Å². The lowest BCUT2D eigenvalue weighted by Crippen LogP contribution is -2.40. The van der Waals surface area contributed by atoms with Gasteiger partial charge in [-0.1, -0.05) is 39.0 Å². The van der Waals surface area contributed by atoms with Gasteiger partial charge in [0.2, 0.25) is 10.0 Å². The Bertz CT molecular complexity index is 975. The zero-order chi connectivity index (χ0) is 21.8. The van der Waals surface area contributed by atoms with Gasteiger partial charge in [0, 0.05) is 18.8 Å². The number of nitrogens with zero attached hydrogens (tertiary/aromatic N) is 1. The molecular weight excluding hydrogens is 404 g/mol. The molecule has 0 atom stereocenters. The summed E-state index contributed by atoms with van der Waals surface area (Å²) in [6.07, 6.45) is 0. The van der Waals surface area contributed by atoms with E-state index in [4.69, 9.17) is 9.47 Å². The normalized spacial score (nSPS) is 15.6. The lowest BCUT2D eigenvalue weighted by atomic mass is 9.86. The van der Waals surface area contributed by atoms with E-state index >= 15 is 0 Å². The number of rotatable bonds is 6. The van der Waals surface area contributed by atoms with Crippen molar-refractivity contribution in [1.29, 1.82) is 0 Å². The molecule has 0 bridgehead atoms. The van der Waals surface area contributed by atoms with Gasteiger partial charge in [0.25, 0.3) is 5.91 Å². The Kier molecular flexibility index (Phi) is 6.80. The summed E-state index contributed by atoms with van der Waals surface area (Å²) < 4.78 is 37.7. The molecule has 0 saturated carbocycles. The zero-order valence-corrected chi connectivity index (χ0v) is 18.4. The van der Waals surface area contributed by atoms with Crippen LogP contribution in [0.15, 0.2) is 53.4 Å². The van der Waals surface area contributed by atoms with Gasteiger partial charge < -0.3 is 14.8 Å². The second-order valence-electron chi connectivity index (χ2n) is 8.12. The number of para-hydroxylation sites is 1. The predicted octanol–water partition coefficient (Wildman–Crippen LogP) is 3.02. The third kappa shape index (κ3) is 5.38. The van der Waals surface area contributed by atoms with Crippen molar-refractivity contribution in [3.63, 3.8) is 0 Å². The second kappa shape index (κ2) is 9.16.